The van der Waals surface area contributed by atoms with Crippen LogP contribution in [0.25, 0.3) is 0 Å². The molecule has 0 atom stereocenters. The molecule has 0 saturated heterocycles. The van der Waals surface area contributed by atoms with Gasteiger partial charge in [0.05, 0.1) is 0 Å². The summed E-state index contributed by atoms with van der Waals surface area (Å²) in [5.41, 5.74) is 0. The van der Waals surface area contributed by atoms with Crippen LogP contribution >= 0.6 is 0 Å². The minimum Gasteiger partial charge on any atom is -0.248 e. The fourth-order valence-corrected chi connectivity index (χ4v) is 1.50. The maximum atomic E-state index is 11.5. The zero-order valence-corrected chi connectivity index (χ0v) is 9.17. The summed E-state index contributed by atoms with van der Waals surface area (Å²) in [7, 11) is 0.963. The highest BCUT2D eigenvalue weighted by molar-refractivity contribution is 7.87. The first kappa shape index (κ1) is 12.1. The Kier molecular flexibility index (Phi) is 4.09. The van der Waals surface area contributed by atoms with E-state index >= 15 is 0 Å². The lowest BCUT2D eigenvalue weighted by molar-refractivity contribution is 0.477. The second-order valence-corrected chi connectivity index (χ2v) is 4.79. The van der Waals surface area contributed by atoms with Crippen molar-refractivity contribution in [1.29, 1.82) is 0 Å². The van der Waals surface area contributed by atoms with E-state index in [0.717, 1.165) is 8.61 Å². The summed E-state index contributed by atoms with van der Waals surface area (Å²) in [5, 5.41) is 0. The maximum Gasteiger partial charge on any atom is 0.304 e. The second-order valence-electron chi connectivity index (χ2n) is 2.62. The highest BCUT2D eigenvalue weighted by atomic mass is 32.2. The van der Waals surface area contributed by atoms with Gasteiger partial charge in [-0.3, -0.25) is 0 Å². The van der Waals surface area contributed by atoms with Gasteiger partial charge in [0.25, 0.3) is 0 Å². The van der Waals surface area contributed by atoms with Gasteiger partial charge in [-0.05, 0) is 6.92 Å². The predicted molar refractivity (Wildman–Crippen MR) is 53.7 cm³/mol. The van der Waals surface area contributed by atoms with E-state index in [1.54, 1.807) is 6.92 Å². The van der Waals surface area contributed by atoms with E-state index in [4.69, 9.17) is 0 Å². The Morgan fingerprint density at radius 2 is 1.85 bits per heavy atom. The smallest absolute Gasteiger partial charge is 0.248 e. The fourth-order valence-electron chi connectivity index (χ4n) is 0.625. The molecule has 0 aromatic rings. The molecule has 0 aliphatic carbocycles. The molecule has 0 aromatic carbocycles. The van der Waals surface area contributed by atoms with E-state index in [9.17, 15) is 8.42 Å². The van der Waals surface area contributed by atoms with Crippen LogP contribution in [0, 0.1) is 0 Å². The van der Waals surface area contributed by atoms with Gasteiger partial charge in [-0.1, -0.05) is 6.58 Å². The Labute approximate surface area is 79.6 Å². The number of aliphatic imine (C=N–C) groups is 1. The predicted octanol–water partition coefficient (Wildman–Crippen LogP) is 0.286. The molecular formula is C7H15N3O2S. The summed E-state index contributed by atoms with van der Waals surface area (Å²) in [6.07, 6.45) is 1.30. The number of amidine groups is 1. The summed E-state index contributed by atoms with van der Waals surface area (Å²) in [6.45, 7) is 4.99. The van der Waals surface area contributed by atoms with E-state index in [1.807, 2.05) is 0 Å². The fraction of sp³-hybridized carbons (Fsp3) is 0.571. The summed E-state index contributed by atoms with van der Waals surface area (Å²) < 4.78 is 25.2. The SMILES string of the molecule is C=C/N=C(\C)N(C)S(=O)(=O)N(C)C. The minimum absolute atomic E-state index is 0.378. The monoisotopic (exact) mass is 205 g/mol. The molecule has 6 heteroatoms. The van der Waals surface area contributed by atoms with Crippen molar-refractivity contribution < 1.29 is 8.42 Å². The molecule has 0 fully saturated rings. The third-order valence-corrected chi connectivity index (χ3v) is 3.42. The Bertz CT molecular complexity index is 306. The summed E-state index contributed by atoms with van der Waals surface area (Å²) in [5.74, 6) is 0.378. The summed E-state index contributed by atoms with van der Waals surface area (Å²) in [6, 6.07) is 0. The molecule has 0 aliphatic rings. The van der Waals surface area contributed by atoms with Gasteiger partial charge >= 0.3 is 10.2 Å². The Morgan fingerprint density at radius 1 is 1.38 bits per heavy atom. The molecule has 0 radical (unpaired) electrons. The van der Waals surface area contributed by atoms with Crippen LogP contribution in [0.15, 0.2) is 17.8 Å². The minimum atomic E-state index is -3.41. The van der Waals surface area contributed by atoms with Gasteiger partial charge in [-0.25, -0.2) is 9.30 Å². The standard InChI is InChI=1S/C7H15N3O2S/c1-6-8-7(2)10(5)13(11,12)9(3)4/h6H,1H2,2-5H3/b8-7+. The van der Waals surface area contributed by atoms with Gasteiger partial charge < -0.3 is 0 Å². The molecule has 0 rings (SSSR count). The van der Waals surface area contributed by atoms with Gasteiger partial charge in [0, 0.05) is 27.3 Å². The van der Waals surface area contributed by atoms with E-state index in [2.05, 4.69) is 11.6 Å². The average molecular weight is 205 g/mol. The lowest BCUT2D eigenvalue weighted by Crippen LogP contribution is -2.39. The Balaban J connectivity index is 4.91. The van der Waals surface area contributed by atoms with E-state index in [-0.39, 0.29) is 0 Å². The van der Waals surface area contributed by atoms with Crippen molar-refractivity contribution >= 4 is 16.0 Å². The zero-order chi connectivity index (χ0) is 10.6. The number of rotatable bonds is 3. The normalized spacial score (nSPS) is 13.2. The summed E-state index contributed by atoms with van der Waals surface area (Å²) in [4.78, 5) is 3.77. The van der Waals surface area contributed by atoms with Crippen LogP contribution in [-0.4, -0.2) is 44.0 Å². The lowest BCUT2D eigenvalue weighted by Gasteiger charge is -2.22. The molecule has 0 spiro atoms. The molecule has 13 heavy (non-hydrogen) atoms. The van der Waals surface area contributed by atoms with Crippen LogP contribution in [-0.2, 0) is 10.2 Å². The lowest BCUT2D eigenvalue weighted by atomic mass is 10.7. The van der Waals surface area contributed by atoms with Crippen molar-refractivity contribution in [3.63, 3.8) is 0 Å². The molecule has 0 aliphatic heterocycles. The van der Waals surface area contributed by atoms with Crippen LogP contribution < -0.4 is 0 Å². The number of nitrogens with zero attached hydrogens (tertiary/aromatic N) is 3. The van der Waals surface area contributed by atoms with E-state index in [1.165, 1.54) is 27.3 Å². The van der Waals surface area contributed by atoms with E-state index < -0.39 is 10.2 Å². The van der Waals surface area contributed by atoms with Crippen molar-refractivity contribution in [1.82, 2.24) is 8.61 Å². The van der Waals surface area contributed by atoms with Crippen molar-refractivity contribution in [2.75, 3.05) is 21.1 Å². The second kappa shape index (κ2) is 4.38. The first-order valence-corrected chi connectivity index (χ1v) is 5.05. The van der Waals surface area contributed by atoms with E-state index in [0.29, 0.717) is 5.84 Å². The number of hydrogen-bond acceptors (Lipinski definition) is 3. The van der Waals surface area contributed by atoms with Crippen LogP contribution in [0.1, 0.15) is 6.92 Å². The van der Waals surface area contributed by atoms with Crippen LogP contribution in [0.2, 0.25) is 0 Å². The molecule has 5 nitrogen and oxygen atoms in total. The molecule has 0 amide bonds. The highest BCUT2D eigenvalue weighted by Gasteiger charge is 2.20. The van der Waals surface area contributed by atoms with Crippen molar-refractivity contribution in [2.45, 2.75) is 6.92 Å². The van der Waals surface area contributed by atoms with Crippen molar-refractivity contribution in [3.8, 4) is 0 Å². The molecule has 76 valence electrons. The highest BCUT2D eigenvalue weighted by Crippen LogP contribution is 2.02. The molecular weight excluding hydrogens is 190 g/mol. The third-order valence-electron chi connectivity index (χ3n) is 1.54. The van der Waals surface area contributed by atoms with Crippen LogP contribution in [0.4, 0.5) is 0 Å². The molecule has 0 N–H and O–H groups in total. The number of hydrogen-bond donors (Lipinski definition) is 0. The topological polar surface area (TPSA) is 53.0 Å². The molecule has 0 aromatic heterocycles. The molecule has 0 bridgehead atoms. The van der Waals surface area contributed by atoms with Gasteiger partial charge in [0.1, 0.15) is 5.84 Å². The van der Waals surface area contributed by atoms with Crippen molar-refractivity contribution in [3.05, 3.63) is 12.8 Å². The Morgan fingerprint density at radius 3 is 2.15 bits per heavy atom. The quantitative estimate of drug-likeness (QED) is 0.491. The van der Waals surface area contributed by atoms with Crippen molar-refractivity contribution in [2.24, 2.45) is 4.99 Å². The third kappa shape index (κ3) is 2.82. The largest absolute Gasteiger partial charge is 0.304 e. The van der Waals surface area contributed by atoms with Gasteiger partial charge in [-0.15, -0.1) is 0 Å². The maximum absolute atomic E-state index is 11.5. The molecule has 0 unspecified atom stereocenters. The molecule has 0 saturated carbocycles. The van der Waals surface area contributed by atoms with Gasteiger partial charge in [-0.2, -0.15) is 12.7 Å². The summed E-state index contributed by atoms with van der Waals surface area (Å²) >= 11 is 0. The zero-order valence-electron chi connectivity index (χ0n) is 8.35. The molecule has 0 heterocycles. The van der Waals surface area contributed by atoms with Crippen LogP contribution in [0.3, 0.4) is 0 Å². The first-order chi connectivity index (χ1) is 5.84. The average Bonchev–Trinajstić information content (AvgIpc) is 2.03. The van der Waals surface area contributed by atoms with Crippen LogP contribution in [0.5, 0.6) is 0 Å². The Hall–Kier alpha value is -0.880. The first-order valence-electron chi connectivity index (χ1n) is 3.65. The van der Waals surface area contributed by atoms with Gasteiger partial charge in [0.2, 0.25) is 0 Å². The van der Waals surface area contributed by atoms with Gasteiger partial charge in [0.15, 0.2) is 0 Å².